The van der Waals surface area contributed by atoms with Crippen molar-refractivity contribution in [3.8, 4) is 10.7 Å². The minimum atomic E-state index is 0.471. The van der Waals surface area contributed by atoms with Crippen molar-refractivity contribution in [2.24, 2.45) is 5.92 Å². The normalized spacial score (nSPS) is 17.6. The third kappa shape index (κ3) is 3.10. The molecule has 0 bridgehead atoms. The molecule has 1 aliphatic rings. The summed E-state index contributed by atoms with van der Waals surface area (Å²) in [5.74, 6) is 2.23. The van der Waals surface area contributed by atoms with Gasteiger partial charge in [0.05, 0.1) is 4.88 Å². The van der Waals surface area contributed by atoms with Crippen LogP contribution in [0, 0.1) is 5.92 Å². The summed E-state index contributed by atoms with van der Waals surface area (Å²) in [5, 5.41) is 9.72. The fourth-order valence-corrected chi connectivity index (χ4v) is 3.71. The first-order valence-corrected chi connectivity index (χ1v) is 8.34. The van der Waals surface area contributed by atoms with Crippen molar-refractivity contribution < 1.29 is 4.52 Å². The summed E-state index contributed by atoms with van der Waals surface area (Å²) in [6, 6.07) is 4.51. The summed E-state index contributed by atoms with van der Waals surface area (Å²) in [4.78, 5) is 5.61. The van der Waals surface area contributed by atoms with Crippen molar-refractivity contribution in [3.63, 3.8) is 0 Å². The molecule has 0 spiro atoms. The predicted molar refractivity (Wildman–Crippen MR) is 80.7 cm³/mol. The fraction of sp³-hybridized carbons (Fsp3) is 0.600. The van der Waals surface area contributed by atoms with Crippen molar-refractivity contribution in [1.29, 1.82) is 0 Å². The first-order chi connectivity index (χ1) is 9.86. The summed E-state index contributed by atoms with van der Waals surface area (Å²) < 4.78 is 5.43. The first-order valence-electron chi connectivity index (χ1n) is 7.46. The minimum Gasteiger partial charge on any atom is -0.339 e. The van der Waals surface area contributed by atoms with Crippen molar-refractivity contribution in [2.45, 2.75) is 45.1 Å². The summed E-state index contributed by atoms with van der Waals surface area (Å²) in [7, 11) is 0. The first kappa shape index (κ1) is 13.8. The van der Waals surface area contributed by atoms with Gasteiger partial charge in [-0.05, 0) is 36.8 Å². The molecule has 0 aromatic carbocycles. The van der Waals surface area contributed by atoms with Gasteiger partial charge in [-0.15, -0.1) is 11.3 Å². The number of nitrogens with zero attached hydrogens (tertiary/aromatic N) is 2. The quantitative estimate of drug-likeness (QED) is 0.885. The van der Waals surface area contributed by atoms with Gasteiger partial charge in [-0.2, -0.15) is 4.98 Å². The second-order valence-corrected chi connectivity index (χ2v) is 6.35. The number of hydrogen-bond donors (Lipinski definition) is 1. The smallest absolute Gasteiger partial charge is 0.228 e. The van der Waals surface area contributed by atoms with E-state index in [9.17, 15) is 0 Å². The van der Waals surface area contributed by atoms with E-state index in [1.54, 1.807) is 11.3 Å². The lowest BCUT2D eigenvalue weighted by molar-refractivity contribution is 0.311. The van der Waals surface area contributed by atoms with Crippen LogP contribution in [0.4, 0.5) is 0 Å². The summed E-state index contributed by atoms with van der Waals surface area (Å²) in [6.45, 7) is 3.15. The summed E-state index contributed by atoms with van der Waals surface area (Å²) in [5.41, 5.74) is 0. The average molecular weight is 291 g/mol. The molecule has 1 saturated carbocycles. The molecule has 1 unspecified atom stereocenters. The van der Waals surface area contributed by atoms with Gasteiger partial charge in [0.1, 0.15) is 0 Å². The van der Waals surface area contributed by atoms with Crippen molar-refractivity contribution in [2.75, 3.05) is 6.54 Å². The van der Waals surface area contributed by atoms with Crippen LogP contribution in [-0.2, 0) is 6.42 Å². The molecular formula is C15H21N3OS. The van der Waals surface area contributed by atoms with E-state index in [0.717, 1.165) is 35.5 Å². The molecule has 1 atom stereocenters. The summed E-state index contributed by atoms with van der Waals surface area (Å²) in [6.07, 6.45) is 6.21. The zero-order valence-electron chi connectivity index (χ0n) is 11.8. The number of thiophene rings is 1. The molecule has 2 aromatic rings. The Kier molecular flexibility index (Phi) is 4.47. The third-order valence-electron chi connectivity index (χ3n) is 4.04. The second kappa shape index (κ2) is 6.50. The Hall–Kier alpha value is -1.20. The molecule has 3 rings (SSSR count). The SMILES string of the molecule is CCNC(Cc1nc(-c2cccs2)no1)C1CCCC1. The Morgan fingerprint density at radius 2 is 2.30 bits per heavy atom. The topological polar surface area (TPSA) is 51.0 Å². The van der Waals surface area contributed by atoms with Crippen molar-refractivity contribution in [1.82, 2.24) is 15.5 Å². The Labute approximate surface area is 123 Å². The van der Waals surface area contributed by atoms with Gasteiger partial charge in [0, 0.05) is 12.5 Å². The van der Waals surface area contributed by atoms with E-state index in [1.165, 1.54) is 25.7 Å². The Morgan fingerprint density at radius 1 is 1.45 bits per heavy atom. The van der Waals surface area contributed by atoms with Gasteiger partial charge in [0.2, 0.25) is 11.7 Å². The average Bonchev–Trinajstić information content (AvgIpc) is 3.20. The number of likely N-dealkylation sites (N-methyl/N-ethyl adjacent to an activating group) is 1. The predicted octanol–water partition coefficient (Wildman–Crippen LogP) is 3.51. The van der Waals surface area contributed by atoms with E-state index >= 15 is 0 Å². The van der Waals surface area contributed by atoms with Gasteiger partial charge in [-0.25, -0.2) is 0 Å². The molecule has 1 fully saturated rings. The van der Waals surface area contributed by atoms with Gasteiger partial charge >= 0.3 is 0 Å². The van der Waals surface area contributed by atoms with Gasteiger partial charge in [-0.1, -0.05) is 31.0 Å². The van der Waals surface area contributed by atoms with Gasteiger partial charge in [0.25, 0.3) is 0 Å². The largest absolute Gasteiger partial charge is 0.339 e. The maximum atomic E-state index is 5.43. The molecule has 108 valence electrons. The van der Waals surface area contributed by atoms with Gasteiger partial charge < -0.3 is 9.84 Å². The van der Waals surface area contributed by atoms with E-state index in [4.69, 9.17) is 4.52 Å². The minimum absolute atomic E-state index is 0.471. The van der Waals surface area contributed by atoms with E-state index < -0.39 is 0 Å². The van der Waals surface area contributed by atoms with Crippen LogP contribution in [0.2, 0.25) is 0 Å². The molecule has 0 radical (unpaired) electrons. The standard InChI is InChI=1S/C15H21N3OS/c1-2-16-12(11-6-3-4-7-11)10-14-17-15(18-19-14)13-8-5-9-20-13/h5,8-9,11-12,16H,2-4,6-7,10H2,1H3. The number of aromatic nitrogens is 2. The Morgan fingerprint density at radius 3 is 3.00 bits per heavy atom. The lowest BCUT2D eigenvalue weighted by Gasteiger charge is -2.22. The van der Waals surface area contributed by atoms with Crippen molar-refractivity contribution in [3.05, 3.63) is 23.4 Å². The number of rotatable bonds is 6. The van der Waals surface area contributed by atoms with E-state index in [1.807, 2.05) is 17.5 Å². The molecular weight excluding hydrogens is 270 g/mol. The van der Waals surface area contributed by atoms with Crippen LogP contribution in [0.1, 0.15) is 38.5 Å². The molecule has 5 heteroatoms. The maximum Gasteiger partial charge on any atom is 0.228 e. The highest BCUT2D eigenvalue weighted by atomic mass is 32.1. The van der Waals surface area contributed by atoms with Crippen LogP contribution in [0.5, 0.6) is 0 Å². The monoisotopic (exact) mass is 291 g/mol. The van der Waals surface area contributed by atoms with Crippen LogP contribution >= 0.6 is 11.3 Å². The van der Waals surface area contributed by atoms with Gasteiger partial charge in [-0.3, -0.25) is 0 Å². The molecule has 0 aliphatic heterocycles. The molecule has 1 aliphatic carbocycles. The van der Waals surface area contributed by atoms with E-state index in [-0.39, 0.29) is 0 Å². The molecule has 2 heterocycles. The van der Waals surface area contributed by atoms with Crippen molar-refractivity contribution >= 4 is 11.3 Å². The zero-order chi connectivity index (χ0) is 13.8. The Balaban J connectivity index is 1.68. The fourth-order valence-electron chi connectivity index (χ4n) is 3.06. The maximum absolute atomic E-state index is 5.43. The zero-order valence-corrected chi connectivity index (χ0v) is 12.7. The molecule has 20 heavy (non-hydrogen) atoms. The number of hydrogen-bond acceptors (Lipinski definition) is 5. The van der Waals surface area contributed by atoms with Crippen LogP contribution < -0.4 is 5.32 Å². The van der Waals surface area contributed by atoms with Crippen LogP contribution in [0.25, 0.3) is 10.7 Å². The highest BCUT2D eigenvalue weighted by Gasteiger charge is 2.26. The molecule has 2 aromatic heterocycles. The third-order valence-corrected chi connectivity index (χ3v) is 4.91. The Bertz CT molecular complexity index is 517. The van der Waals surface area contributed by atoms with E-state index in [0.29, 0.717) is 6.04 Å². The summed E-state index contributed by atoms with van der Waals surface area (Å²) >= 11 is 1.64. The number of nitrogens with one attached hydrogen (secondary N) is 1. The lowest BCUT2D eigenvalue weighted by atomic mass is 9.95. The van der Waals surface area contributed by atoms with Crippen LogP contribution in [0.15, 0.2) is 22.0 Å². The second-order valence-electron chi connectivity index (χ2n) is 5.40. The molecule has 0 amide bonds. The lowest BCUT2D eigenvalue weighted by Crippen LogP contribution is -2.37. The van der Waals surface area contributed by atoms with Gasteiger partial charge in [0.15, 0.2) is 0 Å². The van der Waals surface area contributed by atoms with Crippen LogP contribution in [0.3, 0.4) is 0 Å². The van der Waals surface area contributed by atoms with Crippen LogP contribution in [-0.4, -0.2) is 22.7 Å². The molecule has 0 saturated heterocycles. The van der Waals surface area contributed by atoms with E-state index in [2.05, 4.69) is 22.4 Å². The molecule has 1 N–H and O–H groups in total. The highest BCUT2D eigenvalue weighted by Crippen LogP contribution is 2.29. The molecule has 4 nitrogen and oxygen atoms in total. The highest BCUT2D eigenvalue weighted by molar-refractivity contribution is 7.13.